The average Bonchev–Trinajstić information content (AvgIpc) is 2.31. The lowest BCUT2D eigenvalue weighted by molar-refractivity contribution is 0.101. The van der Waals surface area contributed by atoms with Crippen LogP contribution in [0.2, 0.25) is 0 Å². The quantitative estimate of drug-likeness (QED) is 0.735. The summed E-state index contributed by atoms with van der Waals surface area (Å²) in [6, 6.07) is 12.4. The van der Waals surface area contributed by atoms with E-state index in [9.17, 15) is 4.79 Å². The fraction of sp³-hybridized carbons (Fsp3) is 0.0769. The molecule has 0 saturated carbocycles. The molecule has 2 rings (SSSR count). The highest BCUT2D eigenvalue weighted by Crippen LogP contribution is 2.19. The summed E-state index contributed by atoms with van der Waals surface area (Å²) >= 11 is 0. The molecule has 0 radical (unpaired) electrons. The summed E-state index contributed by atoms with van der Waals surface area (Å²) in [6.45, 7) is 1.54. The highest BCUT2D eigenvalue weighted by Gasteiger charge is 2.00. The lowest BCUT2D eigenvalue weighted by Crippen LogP contribution is -1.92. The number of rotatable bonds is 3. The molecule has 0 aliphatic heterocycles. The molecule has 0 aliphatic rings. The lowest BCUT2D eigenvalue weighted by atomic mass is 10.1. The molecule has 0 fully saturated rings. The van der Waals surface area contributed by atoms with E-state index in [1.165, 1.54) is 6.92 Å². The molecular weight excluding hydrogens is 202 g/mol. The van der Waals surface area contributed by atoms with Crippen LogP contribution in [0.1, 0.15) is 17.3 Å². The molecule has 80 valence electrons. The van der Waals surface area contributed by atoms with Gasteiger partial charge >= 0.3 is 0 Å². The standard InChI is InChI=1S/C13H11NO2/c1-10(15)11-5-7-12(8-6-11)16-13-4-2-3-9-14-13/h2-9H,1H3. The van der Waals surface area contributed by atoms with Crippen molar-refractivity contribution in [3.05, 3.63) is 54.2 Å². The second-order valence-electron chi connectivity index (χ2n) is 3.35. The van der Waals surface area contributed by atoms with Gasteiger partial charge in [-0.05, 0) is 37.3 Å². The van der Waals surface area contributed by atoms with E-state index in [1.807, 2.05) is 12.1 Å². The molecule has 0 atom stereocenters. The fourth-order valence-corrected chi connectivity index (χ4v) is 1.29. The van der Waals surface area contributed by atoms with Gasteiger partial charge in [-0.3, -0.25) is 4.79 Å². The van der Waals surface area contributed by atoms with Crippen LogP contribution in [0.3, 0.4) is 0 Å². The van der Waals surface area contributed by atoms with Crippen LogP contribution in [-0.2, 0) is 0 Å². The molecule has 1 aromatic heterocycles. The number of aromatic nitrogens is 1. The molecule has 0 spiro atoms. The summed E-state index contributed by atoms with van der Waals surface area (Å²) in [5.41, 5.74) is 0.674. The van der Waals surface area contributed by atoms with Crippen LogP contribution < -0.4 is 4.74 Å². The third-order valence-electron chi connectivity index (χ3n) is 2.12. The number of benzene rings is 1. The van der Waals surface area contributed by atoms with Crippen molar-refractivity contribution in [2.45, 2.75) is 6.92 Å². The summed E-state index contributed by atoms with van der Waals surface area (Å²) in [5.74, 6) is 1.26. The Balaban J connectivity index is 2.14. The third-order valence-corrected chi connectivity index (χ3v) is 2.12. The van der Waals surface area contributed by atoms with E-state index in [4.69, 9.17) is 4.74 Å². The first-order valence-corrected chi connectivity index (χ1v) is 4.95. The molecule has 0 aliphatic carbocycles. The van der Waals surface area contributed by atoms with Crippen molar-refractivity contribution in [2.24, 2.45) is 0 Å². The minimum atomic E-state index is 0.0457. The largest absolute Gasteiger partial charge is 0.439 e. The Morgan fingerprint density at radius 1 is 1.12 bits per heavy atom. The van der Waals surface area contributed by atoms with Crippen LogP contribution in [0.25, 0.3) is 0 Å². The number of pyridine rings is 1. The van der Waals surface area contributed by atoms with Gasteiger partial charge in [-0.2, -0.15) is 0 Å². The zero-order chi connectivity index (χ0) is 11.4. The Morgan fingerprint density at radius 3 is 2.44 bits per heavy atom. The Labute approximate surface area is 93.7 Å². The molecule has 3 nitrogen and oxygen atoms in total. The molecule has 16 heavy (non-hydrogen) atoms. The molecule has 0 amide bonds. The van der Waals surface area contributed by atoms with E-state index in [2.05, 4.69) is 4.98 Å². The second kappa shape index (κ2) is 4.57. The first kappa shape index (κ1) is 10.4. The minimum Gasteiger partial charge on any atom is -0.439 e. The van der Waals surface area contributed by atoms with Crippen LogP contribution >= 0.6 is 0 Å². The van der Waals surface area contributed by atoms with Gasteiger partial charge in [0.1, 0.15) is 5.75 Å². The van der Waals surface area contributed by atoms with E-state index in [-0.39, 0.29) is 5.78 Å². The Kier molecular flexibility index (Phi) is 2.96. The number of hydrogen-bond acceptors (Lipinski definition) is 3. The normalized spacial score (nSPS) is 9.81. The summed E-state index contributed by atoms with van der Waals surface area (Å²) in [5, 5.41) is 0. The van der Waals surface area contributed by atoms with Crippen molar-refractivity contribution < 1.29 is 9.53 Å². The van der Waals surface area contributed by atoms with Crippen LogP contribution in [0.15, 0.2) is 48.7 Å². The first-order valence-electron chi connectivity index (χ1n) is 4.95. The fourth-order valence-electron chi connectivity index (χ4n) is 1.29. The van der Waals surface area contributed by atoms with Crippen LogP contribution in [-0.4, -0.2) is 10.8 Å². The molecular formula is C13H11NO2. The van der Waals surface area contributed by atoms with Crippen molar-refractivity contribution in [2.75, 3.05) is 0 Å². The summed E-state index contributed by atoms with van der Waals surface area (Å²) in [4.78, 5) is 15.1. The molecule has 2 aromatic rings. The number of carbonyl (C=O) groups excluding carboxylic acids is 1. The number of hydrogen-bond donors (Lipinski definition) is 0. The number of nitrogens with zero attached hydrogens (tertiary/aromatic N) is 1. The summed E-state index contributed by atoms with van der Waals surface area (Å²) in [6.07, 6.45) is 1.67. The average molecular weight is 213 g/mol. The van der Waals surface area contributed by atoms with Gasteiger partial charge in [0.25, 0.3) is 0 Å². The molecule has 0 bridgehead atoms. The van der Waals surface area contributed by atoms with Crippen molar-refractivity contribution in [1.29, 1.82) is 0 Å². The van der Waals surface area contributed by atoms with Gasteiger partial charge in [-0.15, -0.1) is 0 Å². The molecule has 3 heteroatoms. The number of carbonyl (C=O) groups is 1. The zero-order valence-corrected chi connectivity index (χ0v) is 8.88. The Hall–Kier alpha value is -2.16. The topological polar surface area (TPSA) is 39.2 Å². The predicted octanol–water partition coefficient (Wildman–Crippen LogP) is 3.08. The van der Waals surface area contributed by atoms with Gasteiger partial charge in [-0.25, -0.2) is 4.98 Å². The van der Waals surface area contributed by atoms with Crippen molar-refractivity contribution in [1.82, 2.24) is 4.98 Å². The second-order valence-corrected chi connectivity index (χ2v) is 3.35. The minimum absolute atomic E-state index is 0.0457. The monoisotopic (exact) mass is 213 g/mol. The molecule has 0 unspecified atom stereocenters. The lowest BCUT2D eigenvalue weighted by Gasteiger charge is -2.04. The summed E-state index contributed by atoms with van der Waals surface area (Å²) in [7, 11) is 0. The predicted molar refractivity (Wildman–Crippen MR) is 60.8 cm³/mol. The van der Waals surface area contributed by atoms with Gasteiger partial charge in [-0.1, -0.05) is 6.07 Å². The van der Waals surface area contributed by atoms with Gasteiger partial charge in [0.05, 0.1) is 0 Å². The van der Waals surface area contributed by atoms with Gasteiger partial charge < -0.3 is 4.74 Å². The van der Waals surface area contributed by atoms with Crippen molar-refractivity contribution in [3.8, 4) is 11.6 Å². The van der Waals surface area contributed by atoms with Crippen molar-refractivity contribution >= 4 is 5.78 Å². The smallest absolute Gasteiger partial charge is 0.219 e. The maximum Gasteiger partial charge on any atom is 0.219 e. The van der Waals surface area contributed by atoms with Crippen LogP contribution in [0.4, 0.5) is 0 Å². The van der Waals surface area contributed by atoms with Gasteiger partial charge in [0, 0.05) is 17.8 Å². The molecule has 1 heterocycles. The van der Waals surface area contributed by atoms with E-state index in [0.29, 0.717) is 17.2 Å². The molecule has 0 saturated heterocycles. The highest BCUT2D eigenvalue weighted by atomic mass is 16.5. The third kappa shape index (κ3) is 2.45. The SMILES string of the molecule is CC(=O)c1ccc(Oc2ccccn2)cc1. The highest BCUT2D eigenvalue weighted by molar-refractivity contribution is 5.94. The van der Waals surface area contributed by atoms with E-state index in [1.54, 1.807) is 36.5 Å². The Morgan fingerprint density at radius 2 is 1.88 bits per heavy atom. The molecule has 0 N–H and O–H groups in total. The van der Waals surface area contributed by atoms with Crippen LogP contribution in [0.5, 0.6) is 11.6 Å². The van der Waals surface area contributed by atoms with E-state index < -0.39 is 0 Å². The van der Waals surface area contributed by atoms with Gasteiger partial charge in [0.15, 0.2) is 5.78 Å². The van der Waals surface area contributed by atoms with E-state index >= 15 is 0 Å². The first-order chi connectivity index (χ1) is 7.75. The van der Waals surface area contributed by atoms with Crippen LogP contribution in [0, 0.1) is 0 Å². The number of ether oxygens (including phenoxy) is 1. The Bertz CT molecular complexity index is 477. The number of Topliss-reactive ketones (excluding diaryl/α,β-unsaturated/α-hetero) is 1. The van der Waals surface area contributed by atoms with Gasteiger partial charge in [0.2, 0.25) is 5.88 Å². The molecule has 1 aromatic carbocycles. The van der Waals surface area contributed by atoms with E-state index in [0.717, 1.165) is 0 Å². The summed E-state index contributed by atoms with van der Waals surface area (Å²) < 4.78 is 5.49. The zero-order valence-electron chi connectivity index (χ0n) is 8.88. The number of ketones is 1. The maximum atomic E-state index is 11.1. The van der Waals surface area contributed by atoms with Crippen molar-refractivity contribution in [3.63, 3.8) is 0 Å². The maximum absolute atomic E-state index is 11.1.